The van der Waals surface area contributed by atoms with Crippen molar-refractivity contribution < 1.29 is 9.53 Å². The summed E-state index contributed by atoms with van der Waals surface area (Å²) in [7, 11) is 1.82. The van der Waals surface area contributed by atoms with E-state index in [0.717, 1.165) is 11.1 Å². The molecule has 90 valence electrons. The van der Waals surface area contributed by atoms with Crippen molar-refractivity contribution in [1.82, 2.24) is 9.78 Å². The van der Waals surface area contributed by atoms with Crippen molar-refractivity contribution in [2.24, 2.45) is 7.05 Å². The van der Waals surface area contributed by atoms with Crippen LogP contribution in [-0.2, 0) is 11.8 Å². The van der Waals surface area contributed by atoms with Crippen molar-refractivity contribution in [2.45, 2.75) is 6.92 Å². The van der Waals surface area contributed by atoms with Crippen LogP contribution >= 0.6 is 11.3 Å². The molecule has 2 aromatic rings. The number of carbonyl (C=O) groups is 1. The molecule has 0 saturated carbocycles. The van der Waals surface area contributed by atoms with Gasteiger partial charge in [0.1, 0.15) is 10.6 Å². The summed E-state index contributed by atoms with van der Waals surface area (Å²) in [5.41, 5.74) is 7.88. The van der Waals surface area contributed by atoms with Crippen LogP contribution in [0.5, 0.6) is 0 Å². The minimum atomic E-state index is -0.384. The first kappa shape index (κ1) is 11.7. The van der Waals surface area contributed by atoms with E-state index in [0.29, 0.717) is 17.2 Å². The molecule has 2 N–H and O–H groups in total. The molecule has 0 radical (unpaired) electrons. The molecule has 0 amide bonds. The van der Waals surface area contributed by atoms with Crippen molar-refractivity contribution in [3.05, 3.63) is 23.3 Å². The molecule has 0 unspecified atom stereocenters. The lowest BCUT2D eigenvalue weighted by Gasteiger charge is -2.03. The summed E-state index contributed by atoms with van der Waals surface area (Å²) in [6.45, 7) is 2.10. The van der Waals surface area contributed by atoms with Gasteiger partial charge in [0.2, 0.25) is 0 Å². The van der Waals surface area contributed by atoms with Crippen LogP contribution in [0.1, 0.15) is 17.3 Å². The van der Waals surface area contributed by atoms with Crippen LogP contribution in [0.25, 0.3) is 11.1 Å². The third kappa shape index (κ3) is 2.16. The van der Waals surface area contributed by atoms with Gasteiger partial charge in [0.25, 0.3) is 0 Å². The Morgan fingerprint density at radius 1 is 1.65 bits per heavy atom. The van der Waals surface area contributed by atoms with Gasteiger partial charge in [-0.25, -0.2) is 4.79 Å². The highest BCUT2D eigenvalue weighted by Gasteiger charge is 2.20. The van der Waals surface area contributed by atoms with Gasteiger partial charge in [-0.15, -0.1) is 11.3 Å². The Morgan fingerprint density at radius 3 is 3.00 bits per heavy atom. The summed E-state index contributed by atoms with van der Waals surface area (Å²) >= 11 is 1.33. The molecule has 0 aliphatic rings. The molecule has 0 saturated heterocycles. The Balaban J connectivity index is 2.45. The van der Waals surface area contributed by atoms with Crippen molar-refractivity contribution >= 4 is 22.3 Å². The Kier molecular flexibility index (Phi) is 3.14. The number of hydrogen-bond acceptors (Lipinski definition) is 5. The zero-order chi connectivity index (χ0) is 12.4. The van der Waals surface area contributed by atoms with E-state index < -0.39 is 0 Å². The fourth-order valence-corrected chi connectivity index (χ4v) is 2.37. The number of hydrogen-bond donors (Lipinski definition) is 1. The average molecular weight is 251 g/mol. The fourth-order valence-electron chi connectivity index (χ4n) is 1.56. The van der Waals surface area contributed by atoms with Gasteiger partial charge >= 0.3 is 5.97 Å². The van der Waals surface area contributed by atoms with E-state index in [4.69, 9.17) is 10.5 Å². The van der Waals surface area contributed by atoms with E-state index in [-0.39, 0.29) is 5.97 Å². The minimum absolute atomic E-state index is 0.334. The average Bonchev–Trinajstić information content (AvgIpc) is 2.85. The third-order valence-electron chi connectivity index (χ3n) is 2.31. The highest BCUT2D eigenvalue weighted by atomic mass is 32.1. The predicted molar refractivity (Wildman–Crippen MR) is 66.9 cm³/mol. The first-order valence-electron chi connectivity index (χ1n) is 5.16. The maximum absolute atomic E-state index is 11.8. The van der Waals surface area contributed by atoms with Gasteiger partial charge in [0, 0.05) is 29.8 Å². The third-order valence-corrected chi connectivity index (χ3v) is 3.13. The van der Waals surface area contributed by atoms with Gasteiger partial charge in [-0.2, -0.15) is 5.10 Å². The number of aromatic nitrogens is 2. The number of thiophene rings is 1. The van der Waals surface area contributed by atoms with E-state index in [1.165, 1.54) is 11.3 Å². The van der Waals surface area contributed by atoms with E-state index in [2.05, 4.69) is 5.10 Å². The second kappa shape index (κ2) is 4.58. The highest BCUT2D eigenvalue weighted by molar-refractivity contribution is 7.14. The number of carbonyl (C=O) groups excluding carboxylic acids is 1. The lowest BCUT2D eigenvalue weighted by molar-refractivity contribution is 0.0529. The largest absolute Gasteiger partial charge is 0.462 e. The van der Waals surface area contributed by atoms with Crippen molar-refractivity contribution in [1.29, 1.82) is 0 Å². The molecule has 0 aromatic carbocycles. The van der Waals surface area contributed by atoms with Crippen LogP contribution < -0.4 is 5.73 Å². The summed E-state index contributed by atoms with van der Waals surface area (Å²) in [6, 6.07) is 0. The second-order valence-electron chi connectivity index (χ2n) is 3.51. The zero-order valence-corrected chi connectivity index (χ0v) is 10.5. The maximum atomic E-state index is 11.8. The smallest absolute Gasteiger partial charge is 0.341 e. The quantitative estimate of drug-likeness (QED) is 0.846. The first-order chi connectivity index (χ1) is 8.13. The van der Waals surface area contributed by atoms with Crippen LogP contribution in [0.2, 0.25) is 0 Å². The summed E-state index contributed by atoms with van der Waals surface area (Å²) < 4.78 is 6.68. The summed E-state index contributed by atoms with van der Waals surface area (Å²) in [4.78, 5) is 11.8. The Bertz CT molecular complexity index is 545. The molecule has 0 fully saturated rings. The number of aryl methyl sites for hydroxylation is 1. The van der Waals surface area contributed by atoms with Crippen LogP contribution in [0, 0.1) is 0 Å². The molecule has 2 aromatic heterocycles. The minimum Gasteiger partial charge on any atom is -0.462 e. The monoisotopic (exact) mass is 251 g/mol. The summed E-state index contributed by atoms with van der Waals surface area (Å²) in [5, 5.41) is 6.40. The molecule has 2 heterocycles. The van der Waals surface area contributed by atoms with E-state index >= 15 is 0 Å². The molecule has 0 spiro atoms. The first-order valence-corrected chi connectivity index (χ1v) is 6.04. The number of nitrogens with zero attached hydrogens (tertiary/aromatic N) is 2. The number of ether oxygens (including phenoxy) is 1. The van der Waals surface area contributed by atoms with Crippen LogP contribution in [0.15, 0.2) is 17.8 Å². The van der Waals surface area contributed by atoms with Gasteiger partial charge < -0.3 is 10.5 Å². The topological polar surface area (TPSA) is 70.1 Å². The van der Waals surface area contributed by atoms with Gasteiger partial charge in [-0.3, -0.25) is 4.68 Å². The maximum Gasteiger partial charge on any atom is 0.341 e. The van der Waals surface area contributed by atoms with E-state index in [1.54, 1.807) is 17.8 Å². The molecule has 0 aliphatic carbocycles. The molecular formula is C11H13N3O2S. The van der Waals surface area contributed by atoms with E-state index in [9.17, 15) is 4.79 Å². The number of nitrogens with two attached hydrogens (primary N) is 1. The normalized spacial score (nSPS) is 10.5. The fraction of sp³-hybridized carbons (Fsp3) is 0.273. The Morgan fingerprint density at radius 2 is 2.41 bits per heavy atom. The van der Waals surface area contributed by atoms with Crippen molar-refractivity contribution in [2.75, 3.05) is 12.3 Å². The SMILES string of the molecule is CCOC(=O)c1c(-c2cnn(C)c2)csc1N. The van der Waals surface area contributed by atoms with Crippen LogP contribution in [0.3, 0.4) is 0 Å². The summed E-state index contributed by atoms with van der Waals surface area (Å²) in [6.07, 6.45) is 3.54. The Hall–Kier alpha value is -1.82. The molecule has 5 nitrogen and oxygen atoms in total. The molecule has 0 bridgehead atoms. The number of anilines is 1. The van der Waals surface area contributed by atoms with Crippen molar-refractivity contribution in [3.8, 4) is 11.1 Å². The van der Waals surface area contributed by atoms with Crippen molar-refractivity contribution in [3.63, 3.8) is 0 Å². The number of esters is 1. The van der Waals surface area contributed by atoms with Gasteiger partial charge in [0.15, 0.2) is 0 Å². The molecule has 2 rings (SSSR count). The number of rotatable bonds is 3. The van der Waals surface area contributed by atoms with E-state index in [1.807, 2.05) is 18.6 Å². The van der Waals surface area contributed by atoms with Crippen LogP contribution in [0.4, 0.5) is 5.00 Å². The van der Waals surface area contributed by atoms with Crippen LogP contribution in [-0.4, -0.2) is 22.4 Å². The number of nitrogen functional groups attached to an aromatic ring is 1. The standard InChI is InChI=1S/C11H13N3O2S/c1-3-16-11(15)9-8(6-17-10(9)12)7-4-13-14(2)5-7/h4-6H,3,12H2,1-2H3. The highest BCUT2D eigenvalue weighted by Crippen LogP contribution is 2.33. The second-order valence-corrected chi connectivity index (χ2v) is 4.42. The molecule has 0 atom stereocenters. The zero-order valence-electron chi connectivity index (χ0n) is 9.64. The van der Waals surface area contributed by atoms with Gasteiger partial charge in [0.05, 0.1) is 12.8 Å². The predicted octanol–water partition coefficient (Wildman–Crippen LogP) is 1.91. The van der Waals surface area contributed by atoms with Gasteiger partial charge in [-0.05, 0) is 6.92 Å². The lowest BCUT2D eigenvalue weighted by atomic mass is 10.1. The lowest BCUT2D eigenvalue weighted by Crippen LogP contribution is -2.07. The summed E-state index contributed by atoms with van der Waals surface area (Å²) in [5.74, 6) is -0.384. The Labute approximate surface area is 103 Å². The molecule has 17 heavy (non-hydrogen) atoms. The molecule has 6 heteroatoms. The van der Waals surface area contributed by atoms with Gasteiger partial charge in [-0.1, -0.05) is 0 Å². The molecular weight excluding hydrogens is 238 g/mol. The molecule has 0 aliphatic heterocycles.